The van der Waals surface area contributed by atoms with Crippen molar-refractivity contribution in [3.05, 3.63) is 41.6 Å². The van der Waals surface area contributed by atoms with Crippen molar-refractivity contribution in [2.75, 3.05) is 26.3 Å². The van der Waals surface area contributed by atoms with Gasteiger partial charge in [-0.3, -0.25) is 0 Å². The highest BCUT2D eigenvalue weighted by atomic mass is 16.5. The van der Waals surface area contributed by atoms with E-state index in [1.807, 2.05) is 6.07 Å². The highest BCUT2D eigenvalue weighted by molar-refractivity contribution is 5.51. The number of hydrogen-bond donors (Lipinski definition) is 0. The van der Waals surface area contributed by atoms with Crippen LogP contribution in [0, 0.1) is 0 Å². The van der Waals surface area contributed by atoms with Gasteiger partial charge in [-0.2, -0.15) is 0 Å². The Bertz CT molecular complexity index is 326. The van der Waals surface area contributed by atoms with E-state index in [9.17, 15) is 0 Å². The van der Waals surface area contributed by atoms with E-state index in [0.29, 0.717) is 0 Å². The Hall–Kier alpha value is -1.28. The minimum Gasteiger partial charge on any atom is -0.378 e. The molecular formula is C13H17NO. The minimum absolute atomic E-state index is 0.847. The van der Waals surface area contributed by atoms with Crippen LogP contribution in [0.4, 0.5) is 0 Å². The SMILES string of the molecule is C/C(=C\c1ccccc1)N1CCOCC1. The average Bonchev–Trinajstić information content (AvgIpc) is 2.31. The lowest BCUT2D eigenvalue weighted by Gasteiger charge is -2.29. The monoisotopic (exact) mass is 203 g/mol. The molecule has 0 amide bonds. The molecule has 0 spiro atoms. The molecule has 0 radical (unpaired) electrons. The second-order valence-electron chi connectivity index (χ2n) is 3.80. The van der Waals surface area contributed by atoms with Gasteiger partial charge in [0.05, 0.1) is 13.2 Å². The van der Waals surface area contributed by atoms with Crippen LogP contribution in [0.1, 0.15) is 12.5 Å². The number of nitrogens with zero attached hydrogens (tertiary/aromatic N) is 1. The minimum atomic E-state index is 0.847. The number of hydrogen-bond acceptors (Lipinski definition) is 2. The molecule has 2 heteroatoms. The molecule has 2 nitrogen and oxygen atoms in total. The Morgan fingerprint density at radius 3 is 2.53 bits per heavy atom. The van der Waals surface area contributed by atoms with Crippen LogP contribution in [0.15, 0.2) is 36.0 Å². The molecular weight excluding hydrogens is 186 g/mol. The highest BCUT2D eigenvalue weighted by Gasteiger charge is 2.09. The van der Waals surface area contributed by atoms with Crippen LogP contribution in [0.25, 0.3) is 6.08 Å². The first-order chi connectivity index (χ1) is 7.36. The third-order valence-electron chi connectivity index (χ3n) is 2.69. The van der Waals surface area contributed by atoms with Crippen LogP contribution in [0.3, 0.4) is 0 Å². The molecule has 0 saturated carbocycles. The molecule has 1 fully saturated rings. The van der Waals surface area contributed by atoms with Crippen molar-refractivity contribution in [2.24, 2.45) is 0 Å². The number of allylic oxidation sites excluding steroid dienone is 1. The van der Waals surface area contributed by atoms with Crippen molar-refractivity contribution in [2.45, 2.75) is 6.92 Å². The van der Waals surface area contributed by atoms with Crippen LogP contribution in [-0.4, -0.2) is 31.2 Å². The standard InChI is InChI=1S/C13H17NO/c1-12(14-7-9-15-10-8-14)11-13-5-3-2-4-6-13/h2-6,11H,7-10H2,1H3/b12-11+. The lowest BCUT2D eigenvalue weighted by Crippen LogP contribution is -2.34. The van der Waals surface area contributed by atoms with Gasteiger partial charge in [0.2, 0.25) is 0 Å². The molecule has 2 rings (SSSR count). The lowest BCUT2D eigenvalue weighted by molar-refractivity contribution is 0.0542. The summed E-state index contributed by atoms with van der Waals surface area (Å²) in [6, 6.07) is 10.4. The molecule has 0 unspecified atom stereocenters. The van der Waals surface area contributed by atoms with E-state index >= 15 is 0 Å². The first kappa shape index (κ1) is 10.2. The number of rotatable bonds is 2. The summed E-state index contributed by atoms with van der Waals surface area (Å²) < 4.78 is 5.33. The first-order valence-corrected chi connectivity index (χ1v) is 5.42. The quantitative estimate of drug-likeness (QED) is 0.731. The second-order valence-corrected chi connectivity index (χ2v) is 3.80. The first-order valence-electron chi connectivity index (χ1n) is 5.42. The molecule has 0 aliphatic carbocycles. The van der Waals surface area contributed by atoms with Gasteiger partial charge < -0.3 is 9.64 Å². The zero-order valence-corrected chi connectivity index (χ0v) is 9.15. The normalized spacial score (nSPS) is 17.9. The van der Waals surface area contributed by atoms with Gasteiger partial charge in [0, 0.05) is 18.8 Å². The Labute approximate surface area is 91.2 Å². The van der Waals surface area contributed by atoms with Gasteiger partial charge in [0.25, 0.3) is 0 Å². The van der Waals surface area contributed by atoms with Crippen LogP contribution in [0.5, 0.6) is 0 Å². The van der Waals surface area contributed by atoms with Crippen molar-refractivity contribution >= 4 is 6.08 Å². The largest absolute Gasteiger partial charge is 0.378 e. The summed E-state index contributed by atoms with van der Waals surface area (Å²) in [6.45, 7) is 5.88. The predicted octanol–water partition coefficient (Wildman–Crippen LogP) is 2.38. The number of benzene rings is 1. The zero-order valence-electron chi connectivity index (χ0n) is 9.15. The van der Waals surface area contributed by atoms with E-state index in [1.54, 1.807) is 0 Å². The molecule has 0 aromatic heterocycles. The zero-order chi connectivity index (χ0) is 10.5. The van der Waals surface area contributed by atoms with E-state index in [0.717, 1.165) is 26.3 Å². The van der Waals surface area contributed by atoms with Crippen LogP contribution in [0.2, 0.25) is 0 Å². The molecule has 1 saturated heterocycles. The summed E-state index contributed by atoms with van der Waals surface area (Å²) in [6.07, 6.45) is 2.23. The summed E-state index contributed by atoms with van der Waals surface area (Å²) in [4.78, 5) is 2.37. The molecule has 1 aromatic carbocycles. The molecule has 0 N–H and O–H groups in total. The average molecular weight is 203 g/mol. The summed E-state index contributed by atoms with van der Waals surface area (Å²) >= 11 is 0. The van der Waals surface area contributed by atoms with E-state index in [4.69, 9.17) is 4.74 Å². The maximum absolute atomic E-state index is 5.33. The van der Waals surface area contributed by atoms with Gasteiger partial charge in [-0.05, 0) is 18.6 Å². The topological polar surface area (TPSA) is 12.5 Å². The Morgan fingerprint density at radius 2 is 1.87 bits per heavy atom. The molecule has 0 atom stereocenters. The second kappa shape index (κ2) is 4.99. The maximum Gasteiger partial charge on any atom is 0.0642 e. The molecule has 1 aromatic rings. The summed E-state index contributed by atoms with van der Waals surface area (Å²) in [5, 5.41) is 0. The van der Waals surface area contributed by atoms with Gasteiger partial charge in [-0.15, -0.1) is 0 Å². The van der Waals surface area contributed by atoms with Crippen molar-refractivity contribution in [3.8, 4) is 0 Å². The Kier molecular flexibility index (Phi) is 3.41. The van der Waals surface area contributed by atoms with Crippen molar-refractivity contribution in [1.82, 2.24) is 4.90 Å². The van der Waals surface area contributed by atoms with Crippen molar-refractivity contribution in [3.63, 3.8) is 0 Å². The van der Waals surface area contributed by atoms with Crippen LogP contribution >= 0.6 is 0 Å². The molecule has 80 valence electrons. The number of ether oxygens (including phenoxy) is 1. The fourth-order valence-electron chi connectivity index (χ4n) is 1.80. The van der Waals surface area contributed by atoms with E-state index in [1.165, 1.54) is 11.3 Å². The molecule has 1 heterocycles. The fourth-order valence-corrected chi connectivity index (χ4v) is 1.80. The number of morpholine rings is 1. The molecule has 0 bridgehead atoms. The van der Waals surface area contributed by atoms with Crippen molar-refractivity contribution < 1.29 is 4.74 Å². The lowest BCUT2D eigenvalue weighted by atomic mass is 10.2. The predicted molar refractivity (Wildman–Crippen MR) is 62.5 cm³/mol. The third-order valence-corrected chi connectivity index (χ3v) is 2.69. The highest BCUT2D eigenvalue weighted by Crippen LogP contribution is 2.11. The summed E-state index contributed by atoms with van der Waals surface area (Å²) in [5.41, 5.74) is 2.59. The fraction of sp³-hybridized carbons (Fsp3) is 0.385. The molecule has 1 aliphatic heterocycles. The van der Waals surface area contributed by atoms with E-state index in [-0.39, 0.29) is 0 Å². The summed E-state index contributed by atoms with van der Waals surface area (Å²) in [5.74, 6) is 0. The maximum atomic E-state index is 5.33. The van der Waals surface area contributed by atoms with E-state index in [2.05, 4.69) is 42.2 Å². The summed E-state index contributed by atoms with van der Waals surface area (Å²) in [7, 11) is 0. The Balaban J connectivity index is 2.06. The molecule has 1 aliphatic rings. The van der Waals surface area contributed by atoms with Gasteiger partial charge in [0.1, 0.15) is 0 Å². The van der Waals surface area contributed by atoms with E-state index < -0.39 is 0 Å². The van der Waals surface area contributed by atoms with Crippen LogP contribution in [-0.2, 0) is 4.74 Å². The smallest absolute Gasteiger partial charge is 0.0642 e. The van der Waals surface area contributed by atoms with Gasteiger partial charge in [-0.1, -0.05) is 30.3 Å². The Morgan fingerprint density at radius 1 is 1.20 bits per heavy atom. The van der Waals surface area contributed by atoms with Gasteiger partial charge in [-0.25, -0.2) is 0 Å². The van der Waals surface area contributed by atoms with Crippen LogP contribution < -0.4 is 0 Å². The van der Waals surface area contributed by atoms with Gasteiger partial charge in [0.15, 0.2) is 0 Å². The third kappa shape index (κ3) is 2.83. The molecule has 15 heavy (non-hydrogen) atoms. The van der Waals surface area contributed by atoms with Crippen molar-refractivity contribution in [1.29, 1.82) is 0 Å². The van der Waals surface area contributed by atoms with Gasteiger partial charge >= 0.3 is 0 Å².